The van der Waals surface area contributed by atoms with E-state index in [2.05, 4.69) is 22.3 Å². The van der Waals surface area contributed by atoms with Crippen molar-refractivity contribution in [2.24, 2.45) is 0 Å². The van der Waals surface area contributed by atoms with E-state index in [1.165, 1.54) is 10.1 Å². The quantitative estimate of drug-likeness (QED) is 0.391. The van der Waals surface area contributed by atoms with E-state index in [0.717, 1.165) is 35.2 Å². The number of anilines is 1. The van der Waals surface area contributed by atoms with Crippen molar-refractivity contribution in [3.63, 3.8) is 0 Å². The van der Waals surface area contributed by atoms with Crippen LogP contribution in [0.2, 0.25) is 0 Å². The van der Waals surface area contributed by atoms with E-state index in [1.54, 1.807) is 12.4 Å². The normalized spacial score (nSPS) is 17.8. The molecule has 1 aliphatic heterocycles. The van der Waals surface area contributed by atoms with E-state index < -0.39 is 9.84 Å². The van der Waals surface area contributed by atoms with E-state index in [0.29, 0.717) is 30.6 Å². The van der Waals surface area contributed by atoms with Crippen LogP contribution in [0.4, 0.5) is 5.82 Å². The molecule has 2 aliphatic rings. The molecule has 4 aromatic rings. The summed E-state index contributed by atoms with van der Waals surface area (Å²) in [5.74, 6) is 0.135. The molecule has 3 N–H and O–H groups in total. The molecule has 0 unspecified atom stereocenters. The third-order valence-electron chi connectivity index (χ3n) is 6.96. The Morgan fingerprint density at radius 1 is 1.08 bits per heavy atom. The molecule has 4 heterocycles. The fourth-order valence-corrected chi connectivity index (χ4v) is 6.82. The summed E-state index contributed by atoms with van der Waals surface area (Å²) in [5, 5.41) is 7.43. The third kappa shape index (κ3) is 4.03. The maximum atomic E-state index is 13.4. The number of nitrogens with zero attached hydrogens (tertiary/aromatic N) is 4. The summed E-state index contributed by atoms with van der Waals surface area (Å²) in [4.78, 5) is 9.66. The molecule has 36 heavy (non-hydrogen) atoms. The summed E-state index contributed by atoms with van der Waals surface area (Å²) < 4.78 is 28.2. The van der Waals surface area contributed by atoms with Gasteiger partial charge in [-0.15, -0.1) is 0 Å². The first-order valence-electron chi connectivity index (χ1n) is 12.3. The van der Waals surface area contributed by atoms with E-state index in [9.17, 15) is 8.42 Å². The summed E-state index contributed by atoms with van der Waals surface area (Å²) in [7, 11) is -3.56. The van der Waals surface area contributed by atoms with Gasteiger partial charge in [0.1, 0.15) is 10.7 Å². The SMILES string of the molecule is CC1=CN[C@@H](CCc2nc3c(-c4ccc(-c5ccccc5)nc4)cnn3c(N)c2S(=O)(=O)C2CC2)C1. The van der Waals surface area contributed by atoms with Gasteiger partial charge in [-0.25, -0.2) is 13.4 Å². The smallest absolute Gasteiger partial charge is 0.186 e. The zero-order chi connectivity index (χ0) is 24.9. The van der Waals surface area contributed by atoms with Crippen molar-refractivity contribution < 1.29 is 8.42 Å². The number of benzene rings is 1. The molecular weight excluding hydrogens is 472 g/mol. The molecule has 0 spiro atoms. The number of rotatable bonds is 7. The first kappa shape index (κ1) is 22.7. The van der Waals surface area contributed by atoms with Crippen LogP contribution in [-0.4, -0.2) is 39.3 Å². The summed E-state index contributed by atoms with van der Waals surface area (Å²) in [6, 6.07) is 14.2. The molecule has 1 aromatic carbocycles. The van der Waals surface area contributed by atoms with Crippen molar-refractivity contribution in [1.82, 2.24) is 24.9 Å². The van der Waals surface area contributed by atoms with Gasteiger partial charge >= 0.3 is 0 Å². The van der Waals surface area contributed by atoms with Crippen LogP contribution in [0.15, 0.2) is 71.5 Å². The Morgan fingerprint density at radius 3 is 2.56 bits per heavy atom. The van der Waals surface area contributed by atoms with Gasteiger partial charge in [-0.3, -0.25) is 4.98 Å². The van der Waals surface area contributed by atoms with Crippen molar-refractivity contribution in [2.75, 3.05) is 5.73 Å². The fraction of sp³-hybridized carbons (Fsp3) is 0.296. The molecule has 9 heteroatoms. The fourth-order valence-electron chi connectivity index (χ4n) is 4.87. The Hall–Kier alpha value is -3.72. The lowest BCUT2D eigenvalue weighted by Crippen LogP contribution is -2.22. The maximum absolute atomic E-state index is 13.4. The van der Waals surface area contributed by atoms with E-state index >= 15 is 0 Å². The van der Waals surface area contributed by atoms with Crippen molar-refractivity contribution in [2.45, 2.75) is 55.2 Å². The highest BCUT2D eigenvalue weighted by molar-refractivity contribution is 7.92. The molecule has 0 radical (unpaired) electrons. The third-order valence-corrected chi connectivity index (χ3v) is 9.33. The summed E-state index contributed by atoms with van der Waals surface area (Å²) >= 11 is 0. The van der Waals surface area contributed by atoms with Crippen molar-refractivity contribution in [1.29, 1.82) is 0 Å². The lowest BCUT2D eigenvalue weighted by atomic mass is 10.1. The highest BCUT2D eigenvalue weighted by atomic mass is 32.2. The Balaban J connectivity index is 1.41. The standard InChI is InChI=1S/C27H28N6O2S/c1-17-13-20(29-14-17)8-12-24-25(36(34,35)21-9-10-21)26(28)33-27(32-24)22(16-31-33)19-7-11-23(30-15-19)18-5-3-2-4-6-18/h2-7,11,14-16,20-21,29H,8-10,12-13,28H2,1H3/t20-/m0/s1. The Labute approximate surface area is 210 Å². The van der Waals surface area contributed by atoms with E-state index in [4.69, 9.17) is 10.7 Å². The lowest BCUT2D eigenvalue weighted by Gasteiger charge is -2.16. The lowest BCUT2D eigenvalue weighted by molar-refractivity contribution is 0.559. The molecule has 6 rings (SSSR count). The topological polar surface area (TPSA) is 115 Å². The van der Waals surface area contributed by atoms with Crippen molar-refractivity contribution in [3.8, 4) is 22.4 Å². The van der Waals surface area contributed by atoms with E-state index in [-0.39, 0.29) is 22.0 Å². The van der Waals surface area contributed by atoms with Crippen LogP contribution in [-0.2, 0) is 16.3 Å². The highest BCUT2D eigenvalue weighted by Crippen LogP contribution is 2.39. The molecule has 0 amide bonds. The second-order valence-electron chi connectivity index (χ2n) is 9.71. The summed E-state index contributed by atoms with van der Waals surface area (Å²) in [5.41, 5.74) is 12.4. The summed E-state index contributed by atoms with van der Waals surface area (Å²) in [6.45, 7) is 2.09. The predicted molar refractivity (Wildman–Crippen MR) is 140 cm³/mol. The number of fused-ring (bicyclic) bond motifs is 1. The largest absolute Gasteiger partial charge is 0.388 e. The van der Waals surface area contributed by atoms with Gasteiger partial charge in [0, 0.05) is 28.9 Å². The van der Waals surface area contributed by atoms with Crippen molar-refractivity contribution in [3.05, 3.63) is 72.3 Å². The van der Waals surface area contributed by atoms with Crippen LogP contribution in [0.5, 0.6) is 0 Å². The molecule has 8 nitrogen and oxygen atoms in total. The zero-order valence-electron chi connectivity index (χ0n) is 20.1. The van der Waals surface area contributed by atoms with Gasteiger partial charge in [-0.2, -0.15) is 9.61 Å². The van der Waals surface area contributed by atoms with Gasteiger partial charge in [0.15, 0.2) is 15.5 Å². The Bertz CT molecular complexity index is 1570. The molecule has 1 fully saturated rings. The summed E-state index contributed by atoms with van der Waals surface area (Å²) in [6.07, 6.45) is 9.05. The number of aryl methyl sites for hydroxylation is 1. The van der Waals surface area contributed by atoms with Crippen LogP contribution < -0.4 is 11.1 Å². The predicted octanol–water partition coefficient (Wildman–Crippen LogP) is 4.17. The van der Waals surface area contributed by atoms with Crippen LogP contribution in [0.1, 0.15) is 38.3 Å². The number of hydrogen-bond acceptors (Lipinski definition) is 7. The second-order valence-corrected chi connectivity index (χ2v) is 11.9. The maximum Gasteiger partial charge on any atom is 0.186 e. The molecule has 3 aromatic heterocycles. The minimum atomic E-state index is -3.56. The first-order chi connectivity index (χ1) is 17.4. The van der Waals surface area contributed by atoms with Gasteiger partial charge in [0.2, 0.25) is 0 Å². The number of aromatic nitrogens is 4. The molecule has 1 saturated carbocycles. The van der Waals surface area contributed by atoms with Crippen LogP contribution >= 0.6 is 0 Å². The molecule has 1 aliphatic carbocycles. The number of nitrogens with one attached hydrogen (secondary N) is 1. The average Bonchev–Trinajstić information content (AvgIpc) is 3.55. The highest BCUT2D eigenvalue weighted by Gasteiger charge is 2.41. The van der Waals surface area contributed by atoms with Gasteiger partial charge < -0.3 is 11.1 Å². The van der Waals surface area contributed by atoms with Crippen LogP contribution in [0.3, 0.4) is 0 Å². The Morgan fingerprint density at radius 2 is 1.89 bits per heavy atom. The number of hydrogen-bond donors (Lipinski definition) is 2. The molecular formula is C27H28N6O2S. The van der Waals surface area contributed by atoms with Gasteiger partial charge in [-0.1, -0.05) is 42.0 Å². The van der Waals surface area contributed by atoms with E-state index in [1.807, 2.05) is 48.7 Å². The first-order valence-corrected chi connectivity index (χ1v) is 13.8. The van der Waals surface area contributed by atoms with Crippen LogP contribution in [0.25, 0.3) is 28.0 Å². The van der Waals surface area contributed by atoms with Gasteiger partial charge in [0.25, 0.3) is 0 Å². The van der Waals surface area contributed by atoms with Crippen LogP contribution in [0, 0.1) is 0 Å². The zero-order valence-corrected chi connectivity index (χ0v) is 20.9. The molecule has 0 saturated heterocycles. The monoisotopic (exact) mass is 500 g/mol. The number of pyridine rings is 1. The van der Waals surface area contributed by atoms with Gasteiger partial charge in [0.05, 0.1) is 22.8 Å². The van der Waals surface area contributed by atoms with Gasteiger partial charge in [-0.05, 0) is 51.3 Å². The number of nitrogen functional groups attached to an aromatic ring is 1. The molecule has 1 atom stereocenters. The minimum Gasteiger partial charge on any atom is -0.388 e. The second kappa shape index (κ2) is 8.74. The van der Waals surface area contributed by atoms with Crippen molar-refractivity contribution >= 4 is 21.3 Å². The Kier molecular flexibility index (Phi) is 5.52. The molecule has 184 valence electrons. The molecule has 0 bridgehead atoms. The average molecular weight is 501 g/mol. The number of nitrogens with two attached hydrogens (primary N) is 1. The minimum absolute atomic E-state index is 0.135. The number of sulfone groups is 1.